The highest BCUT2D eigenvalue weighted by Crippen LogP contribution is 2.27. The lowest BCUT2D eigenvalue weighted by atomic mass is 10.2. The molecule has 8 heteroatoms. The zero-order chi connectivity index (χ0) is 17.8. The number of carbonyl (C=O) groups is 1. The van der Waals surface area contributed by atoms with Crippen molar-refractivity contribution in [3.8, 4) is 11.3 Å². The largest absolute Gasteiger partial charge is 0.431 e. The lowest BCUT2D eigenvalue weighted by Gasteiger charge is -2.06. The van der Waals surface area contributed by atoms with E-state index in [1.165, 1.54) is 12.1 Å². The van der Waals surface area contributed by atoms with Crippen LogP contribution in [0.4, 0.5) is 10.1 Å². The molecule has 0 atom stereocenters. The van der Waals surface area contributed by atoms with Crippen molar-refractivity contribution in [1.82, 2.24) is 4.98 Å². The van der Waals surface area contributed by atoms with E-state index in [2.05, 4.69) is 10.3 Å². The molecule has 0 saturated carbocycles. The Kier molecular flexibility index (Phi) is 5.63. The molecule has 128 valence electrons. The number of oxazole rings is 1. The first-order valence-corrected chi connectivity index (χ1v) is 8.85. The quantitative estimate of drug-likeness (QED) is 0.576. The molecule has 1 aromatic heterocycles. The molecule has 25 heavy (non-hydrogen) atoms. The van der Waals surface area contributed by atoms with Crippen LogP contribution >= 0.6 is 35.0 Å². The molecule has 0 spiro atoms. The van der Waals surface area contributed by atoms with E-state index in [-0.39, 0.29) is 16.7 Å². The molecule has 0 aliphatic carbocycles. The minimum Gasteiger partial charge on any atom is -0.431 e. The van der Waals surface area contributed by atoms with Crippen molar-refractivity contribution in [1.29, 1.82) is 0 Å². The highest BCUT2D eigenvalue weighted by molar-refractivity contribution is 7.99. The summed E-state index contributed by atoms with van der Waals surface area (Å²) in [5.74, 6) is -0.137. The number of anilines is 1. The first-order valence-electron chi connectivity index (χ1n) is 7.11. The third-order valence-corrected chi connectivity index (χ3v) is 4.52. The standard InChI is InChI=1S/C17H11Cl2FN2O2S/c18-11-3-1-2-10(6-11)15-8-21-17(24-15)25-9-16(23)22-14-5-4-12(20)7-13(14)19/h1-8H,9H2,(H,22,23). The zero-order valence-electron chi connectivity index (χ0n) is 12.6. The van der Waals surface area contributed by atoms with Crippen LogP contribution in [0.3, 0.4) is 0 Å². The van der Waals surface area contributed by atoms with Crippen molar-refractivity contribution in [3.05, 3.63) is 64.5 Å². The summed E-state index contributed by atoms with van der Waals surface area (Å²) in [5, 5.41) is 3.70. The van der Waals surface area contributed by atoms with Gasteiger partial charge in [-0.2, -0.15) is 0 Å². The fourth-order valence-electron chi connectivity index (χ4n) is 2.00. The van der Waals surface area contributed by atoms with Crippen LogP contribution in [0.1, 0.15) is 0 Å². The normalized spacial score (nSPS) is 10.7. The Labute approximate surface area is 157 Å². The third kappa shape index (κ3) is 4.75. The van der Waals surface area contributed by atoms with Gasteiger partial charge in [-0.15, -0.1) is 0 Å². The molecule has 1 N–H and O–H groups in total. The fourth-order valence-corrected chi connectivity index (χ4v) is 3.01. The minimum absolute atomic E-state index is 0.0726. The first-order chi connectivity index (χ1) is 12.0. The monoisotopic (exact) mass is 396 g/mol. The molecule has 0 unspecified atom stereocenters. The molecule has 2 aromatic carbocycles. The maximum atomic E-state index is 13.0. The zero-order valence-corrected chi connectivity index (χ0v) is 15.0. The number of rotatable bonds is 5. The van der Waals surface area contributed by atoms with Crippen LogP contribution in [0.15, 0.2) is 58.3 Å². The van der Waals surface area contributed by atoms with E-state index in [4.69, 9.17) is 27.6 Å². The van der Waals surface area contributed by atoms with E-state index in [9.17, 15) is 9.18 Å². The average Bonchev–Trinajstić information content (AvgIpc) is 3.05. The predicted octanol–water partition coefficient (Wildman–Crippen LogP) is 5.52. The van der Waals surface area contributed by atoms with E-state index >= 15 is 0 Å². The summed E-state index contributed by atoms with van der Waals surface area (Å²) >= 11 is 13.0. The van der Waals surface area contributed by atoms with Gasteiger partial charge in [-0.05, 0) is 30.3 Å². The van der Waals surface area contributed by atoms with Gasteiger partial charge in [-0.25, -0.2) is 9.37 Å². The molecular weight excluding hydrogens is 386 g/mol. The van der Waals surface area contributed by atoms with E-state index in [0.29, 0.717) is 21.7 Å². The summed E-state index contributed by atoms with van der Waals surface area (Å²) in [6, 6.07) is 11.0. The van der Waals surface area contributed by atoms with Crippen LogP contribution in [0.2, 0.25) is 10.0 Å². The highest BCUT2D eigenvalue weighted by Gasteiger charge is 2.11. The molecule has 1 heterocycles. The minimum atomic E-state index is -0.467. The summed E-state index contributed by atoms with van der Waals surface area (Å²) in [5.41, 5.74) is 1.15. The van der Waals surface area contributed by atoms with Gasteiger partial charge < -0.3 is 9.73 Å². The molecule has 0 aliphatic rings. The summed E-state index contributed by atoms with van der Waals surface area (Å²) < 4.78 is 18.6. The molecule has 0 fully saturated rings. The number of aromatic nitrogens is 1. The van der Waals surface area contributed by atoms with Gasteiger partial charge in [-0.3, -0.25) is 4.79 Å². The Morgan fingerprint density at radius 1 is 1.24 bits per heavy atom. The molecule has 4 nitrogen and oxygen atoms in total. The van der Waals surface area contributed by atoms with Crippen molar-refractivity contribution in [2.75, 3.05) is 11.1 Å². The smallest absolute Gasteiger partial charge is 0.256 e. The number of nitrogens with zero attached hydrogens (tertiary/aromatic N) is 1. The van der Waals surface area contributed by atoms with Crippen LogP contribution in [0.5, 0.6) is 0 Å². The Morgan fingerprint density at radius 2 is 2.08 bits per heavy atom. The number of nitrogens with one attached hydrogen (secondary N) is 1. The molecule has 0 bridgehead atoms. The second-order valence-electron chi connectivity index (χ2n) is 4.96. The maximum absolute atomic E-state index is 13.0. The van der Waals surface area contributed by atoms with Crippen LogP contribution in [0, 0.1) is 5.82 Å². The number of carbonyl (C=O) groups excluding carboxylic acids is 1. The van der Waals surface area contributed by atoms with Crippen molar-refractivity contribution >= 4 is 46.6 Å². The molecule has 3 aromatic rings. The SMILES string of the molecule is O=C(CSc1ncc(-c2cccc(Cl)c2)o1)Nc1ccc(F)cc1Cl. The number of thioether (sulfide) groups is 1. The van der Waals surface area contributed by atoms with Crippen LogP contribution in [-0.2, 0) is 4.79 Å². The molecular formula is C17H11Cl2FN2O2S. The Morgan fingerprint density at radius 3 is 2.84 bits per heavy atom. The van der Waals surface area contributed by atoms with Crippen molar-refractivity contribution < 1.29 is 13.6 Å². The van der Waals surface area contributed by atoms with Gasteiger partial charge in [0, 0.05) is 10.6 Å². The van der Waals surface area contributed by atoms with E-state index in [0.717, 1.165) is 23.4 Å². The van der Waals surface area contributed by atoms with Gasteiger partial charge in [0.1, 0.15) is 5.82 Å². The van der Waals surface area contributed by atoms with E-state index < -0.39 is 5.82 Å². The van der Waals surface area contributed by atoms with Crippen molar-refractivity contribution in [2.24, 2.45) is 0 Å². The van der Waals surface area contributed by atoms with Crippen molar-refractivity contribution in [2.45, 2.75) is 5.22 Å². The molecule has 1 amide bonds. The lowest BCUT2D eigenvalue weighted by Crippen LogP contribution is -2.14. The van der Waals surface area contributed by atoms with Crippen LogP contribution in [0.25, 0.3) is 11.3 Å². The molecule has 0 saturated heterocycles. The lowest BCUT2D eigenvalue weighted by molar-refractivity contribution is -0.113. The second kappa shape index (κ2) is 7.91. The summed E-state index contributed by atoms with van der Waals surface area (Å²) in [6.07, 6.45) is 1.57. The predicted molar refractivity (Wildman–Crippen MR) is 97.7 cm³/mol. The maximum Gasteiger partial charge on any atom is 0.256 e. The molecule has 0 aliphatic heterocycles. The van der Waals surface area contributed by atoms with Gasteiger partial charge in [0.2, 0.25) is 5.91 Å². The topological polar surface area (TPSA) is 55.1 Å². The number of halogens is 3. The average molecular weight is 397 g/mol. The van der Waals surface area contributed by atoms with Crippen LogP contribution in [-0.4, -0.2) is 16.6 Å². The van der Waals surface area contributed by atoms with E-state index in [1.807, 2.05) is 12.1 Å². The van der Waals surface area contributed by atoms with Gasteiger partial charge in [0.15, 0.2) is 5.76 Å². The summed E-state index contributed by atoms with van der Waals surface area (Å²) in [7, 11) is 0. The first kappa shape index (κ1) is 17.8. The molecule has 3 rings (SSSR count). The van der Waals surface area contributed by atoms with E-state index in [1.54, 1.807) is 18.3 Å². The summed E-state index contributed by atoms with van der Waals surface area (Å²) in [6.45, 7) is 0. The van der Waals surface area contributed by atoms with Crippen LogP contribution < -0.4 is 5.32 Å². The Bertz CT molecular complexity index is 917. The second-order valence-corrected chi connectivity index (χ2v) is 6.73. The number of benzene rings is 2. The summed E-state index contributed by atoms with van der Waals surface area (Å²) in [4.78, 5) is 16.1. The molecule has 0 radical (unpaired) electrons. The van der Waals surface area contributed by atoms with Gasteiger partial charge in [-0.1, -0.05) is 47.1 Å². The third-order valence-electron chi connectivity index (χ3n) is 3.13. The fraction of sp³-hybridized carbons (Fsp3) is 0.0588. The number of hydrogen-bond donors (Lipinski definition) is 1. The van der Waals surface area contributed by atoms with Crippen molar-refractivity contribution in [3.63, 3.8) is 0 Å². The van der Waals surface area contributed by atoms with Gasteiger partial charge in [0.25, 0.3) is 5.22 Å². The number of amides is 1. The Hall–Kier alpha value is -2.02. The highest BCUT2D eigenvalue weighted by atomic mass is 35.5. The van der Waals surface area contributed by atoms with Gasteiger partial charge in [0.05, 0.1) is 22.7 Å². The Balaban J connectivity index is 1.59. The van der Waals surface area contributed by atoms with Gasteiger partial charge >= 0.3 is 0 Å². The number of hydrogen-bond acceptors (Lipinski definition) is 4.